The van der Waals surface area contributed by atoms with E-state index in [9.17, 15) is 4.79 Å². The fourth-order valence-electron chi connectivity index (χ4n) is 1.66. The number of carbonyl (C=O) groups excluding carboxylic acids is 1. The minimum absolute atomic E-state index is 0.141. The van der Waals surface area contributed by atoms with Gasteiger partial charge in [-0.2, -0.15) is 0 Å². The molecule has 2 heterocycles. The molecule has 0 fully saturated rings. The zero-order valence-corrected chi connectivity index (χ0v) is 11.7. The third-order valence-electron chi connectivity index (χ3n) is 2.59. The predicted molar refractivity (Wildman–Crippen MR) is 76.1 cm³/mol. The van der Waals surface area contributed by atoms with E-state index in [-0.39, 0.29) is 5.91 Å². The van der Waals surface area contributed by atoms with Gasteiger partial charge < -0.3 is 5.32 Å². The number of nitrogens with zero attached hydrogens (tertiary/aromatic N) is 1. The molecule has 0 spiro atoms. The first-order valence-corrected chi connectivity index (χ1v) is 7.83. The SMILES string of the molecule is O=C(CCCc1cccs1)NCCc1cscn1. The Hall–Kier alpha value is -1.20. The van der Waals surface area contributed by atoms with Crippen LogP contribution in [0.4, 0.5) is 0 Å². The highest BCUT2D eigenvalue weighted by atomic mass is 32.1. The summed E-state index contributed by atoms with van der Waals surface area (Å²) in [4.78, 5) is 17.1. The zero-order chi connectivity index (χ0) is 12.6. The van der Waals surface area contributed by atoms with E-state index < -0.39 is 0 Å². The van der Waals surface area contributed by atoms with E-state index in [1.54, 1.807) is 22.7 Å². The molecule has 3 nitrogen and oxygen atoms in total. The van der Waals surface area contributed by atoms with Gasteiger partial charge in [0.1, 0.15) is 0 Å². The molecule has 0 aliphatic rings. The lowest BCUT2D eigenvalue weighted by Gasteiger charge is -2.03. The molecule has 0 bridgehead atoms. The van der Waals surface area contributed by atoms with Gasteiger partial charge in [0.15, 0.2) is 0 Å². The number of hydrogen-bond donors (Lipinski definition) is 1. The topological polar surface area (TPSA) is 42.0 Å². The first kappa shape index (κ1) is 13.2. The molecule has 5 heteroatoms. The smallest absolute Gasteiger partial charge is 0.220 e. The average Bonchev–Trinajstić information content (AvgIpc) is 3.01. The second-order valence-corrected chi connectivity index (χ2v) is 5.76. The molecule has 0 radical (unpaired) electrons. The van der Waals surface area contributed by atoms with Crippen LogP contribution in [0.5, 0.6) is 0 Å². The number of aryl methyl sites for hydroxylation is 1. The van der Waals surface area contributed by atoms with E-state index in [2.05, 4.69) is 21.7 Å². The summed E-state index contributed by atoms with van der Waals surface area (Å²) < 4.78 is 0. The van der Waals surface area contributed by atoms with Gasteiger partial charge in [0.25, 0.3) is 0 Å². The van der Waals surface area contributed by atoms with Crippen molar-refractivity contribution in [1.29, 1.82) is 0 Å². The number of hydrogen-bond acceptors (Lipinski definition) is 4. The highest BCUT2D eigenvalue weighted by molar-refractivity contribution is 7.09. The summed E-state index contributed by atoms with van der Waals surface area (Å²) >= 11 is 3.34. The van der Waals surface area contributed by atoms with Crippen LogP contribution in [0.2, 0.25) is 0 Å². The molecule has 0 aliphatic heterocycles. The molecule has 1 amide bonds. The van der Waals surface area contributed by atoms with Crippen molar-refractivity contribution in [2.75, 3.05) is 6.54 Å². The quantitative estimate of drug-likeness (QED) is 0.847. The molecule has 18 heavy (non-hydrogen) atoms. The number of amides is 1. The molecular formula is C13H16N2OS2. The third-order valence-corrected chi connectivity index (χ3v) is 4.17. The molecule has 96 valence electrons. The van der Waals surface area contributed by atoms with Gasteiger partial charge in [-0.3, -0.25) is 4.79 Å². The van der Waals surface area contributed by atoms with Crippen LogP contribution in [0.25, 0.3) is 0 Å². The molecule has 0 atom stereocenters. The number of rotatable bonds is 7. The van der Waals surface area contributed by atoms with Crippen molar-refractivity contribution in [2.24, 2.45) is 0 Å². The Morgan fingerprint density at radius 3 is 3.06 bits per heavy atom. The summed E-state index contributed by atoms with van der Waals surface area (Å²) in [6.45, 7) is 0.682. The number of nitrogens with one attached hydrogen (secondary N) is 1. The van der Waals surface area contributed by atoms with E-state index in [0.29, 0.717) is 13.0 Å². The highest BCUT2D eigenvalue weighted by Crippen LogP contribution is 2.11. The predicted octanol–water partition coefficient (Wildman–Crippen LogP) is 2.89. The van der Waals surface area contributed by atoms with Gasteiger partial charge in [0, 0.05) is 29.6 Å². The maximum Gasteiger partial charge on any atom is 0.220 e. The monoisotopic (exact) mass is 280 g/mol. The number of carbonyl (C=O) groups is 1. The summed E-state index contributed by atoms with van der Waals surface area (Å²) in [6, 6.07) is 4.17. The average molecular weight is 280 g/mol. The minimum Gasteiger partial charge on any atom is -0.356 e. The van der Waals surface area contributed by atoms with Gasteiger partial charge in [-0.25, -0.2) is 4.98 Å². The van der Waals surface area contributed by atoms with Gasteiger partial charge in [-0.05, 0) is 24.3 Å². The maximum absolute atomic E-state index is 11.6. The number of thiazole rings is 1. The number of aromatic nitrogens is 1. The second-order valence-electron chi connectivity index (χ2n) is 4.01. The lowest BCUT2D eigenvalue weighted by molar-refractivity contribution is -0.121. The van der Waals surface area contributed by atoms with E-state index in [4.69, 9.17) is 0 Å². The van der Waals surface area contributed by atoms with Crippen molar-refractivity contribution >= 4 is 28.6 Å². The fraction of sp³-hybridized carbons (Fsp3) is 0.385. The van der Waals surface area contributed by atoms with Crippen LogP contribution in [0, 0.1) is 0 Å². The summed E-state index contributed by atoms with van der Waals surface area (Å²) in [5.41, 5.74) is 2.87. The van der Waals surface area contributed by atoms with Gasteiger partial charge in [0.2, 0.25) is 5.91 Å². The van der Waals surface area contributed by atoms with Crippen LogP contribution < -0.4 is 5.32 Å². The Bertz CT molecular complexity index is 409. The van der Waals surface area contributed by atoms with Gasteiger partial charge in [-0.15, -0.1) is 22.7 Å². The number of thiophene rings is 1. The normalized spacial score (nSPS) is 10.4. The van der Waals surface area contributed by atoms with Gasteiger partial charge in [-0.1, -0.05) is 6.07 Å². The minimum atomic E-state index is 0.141. The Morgan fingerprint density at radius 1 is 1.39 bits per heavy atom. The van der Waals surface area contributed by atoms with Crippen molar-refractivity contribution < 1.29 is 4.79 Å². The van der Waals surface area contributed by atoms with Gasteiger partial charge in [0.05, 0.1) is 11.2 Å². The summed E-state index contributed by atoms with van der Waals surface area (Å²) in [5.74, 6) is 0.141. The van der Waals surface area contributed by atoms with Gasteiger partial charge >= 0.3 is 0 Å². The van der Waals surface area contributed by atoms with E-state index in [0.717, 1.165) is 25.0 Å². The molecule has 2 rings (SSSR count). The third kappa shape index (κ3) is 4.58. The van der Waals surface area contributed by atoms with E-state index in [1.807, 2.05) is 17.0 Å². The van der Waals surface area contributed by atoms with Crippen molar-refractivity contribution in [3.63, 3.8) is 0 Å². The molecule has 1 N–H and O–H groups in total. The van der Waals surface area contributed by atoms with Crippen molar-refractivity contribution in [3.05, 3.63) is 39.0 Å². The molecule has 2 aromatic rings. The van der Waals surface area contributed by atoms with Crippen LogP contribution in [-0.2, 0) is 17.6 Å². The molecule has 0 unspecified atom stereocenters. The largest absolute Gasteiger partial charge is 0.356 e. The van der Waals surface area contributed by atoms with Crippen LogP contribution >= 0.6 is 22.7 Å². The summed E-state index contributed by atoms with van der Waals surface area (Å²) in [5, 5.41) is 7.02. The molecule has 2 aromatic heterocycles. The fourth-order valence-corrected chi connectivity index (χ4v) is 3.00. The maximum atomic E-state index is 11.6. The lowest BCUT2D eigenvalue weighted by Crippen LogP contribution is -2.25. The summed E-state index contributed by atoms with van der Waals surface area (Å²) in [7, 11) is 0. The highest BCUT2D eigenvalue weighted by Gasteiger charge is 2.02. The van der Waals surface area contributed by atoms with Crippen LogP contribution in [0.15, 0.2) is 28.4 Å². The first-order chi connectivity index (χ1) is 8.84. The van der Waals surface area contributed by atoms with Crippen LogP contribution in [-0.4, -0.2) is 17.4 Å². The Kier molecular flexibility index (Phi) is 5.36. The van der Waals surface area contributed by atoms with Crippen molar-refractivity contribution in [2.45, 2.75) is 25.7 Å². The second kappa shape index (κ2) is 7.28. The molecule has 0 saturated carbocycles. The molecular weight excluding hydrogens is 264 g/mol. The Balaban J connectivity index is 1.55. The Labute approximate surface area is 115 Å². The van der Waals surface area contributed by atoms with Crippen molar-refractivity contribution in [1.82, 2.24) is 10.3 Å². The van der Waals surface area contributed by atoms with Crippen molar-refractivity contribution in [3.8, 4) is 0 Å². The summed E-state index contributed by atoms with van der Waals surface area (Å²) in [6.07, 6.45) is 3.34. The lowest BCUT2D eigenvalue weighted by atomic mass is 10.2. The van der Waals surface area contributed by atoms with Crippen LogP contribution in [0.1, 0.15) is 23.4 Å². The molecule has 0 aromatic carbocycles. The standard InChI is InChI=1S/C13H16N2OS2/c16-13(5-1-3-12-4-2-8-18-12)14-7-6-11-9-17-10-15-11/h2,4,8-10H,1,3,5-7H2,(H,14,16). The van der Waals surface area contributed by atoms with E-state index in [1.165, 1.54) is 4.88 Å². The zero-order valence-electron chi connectivity index (χ0n) is 10.1. The van der Waals surface area contributed by atoms with Crippen LogP contribution in [0.3, 0.4) is 0 Å². The Morgan fingerprint density at radius 2 is 2.33 bits per heavy atom. The molecule has 0 aliphatic carbocycles. The first-order valence-electron chi connectivity index (χ1n) is 6.01. The van der Waals surface area contributed by atoms with E-state index >= 15 is 0 Å². The molecule has 0 saturated heterocycles.